The summed E-state index contributed by atoms with van der Waals surface area (Å²) < 4.78 is 6.42. The van der Waals surface area contributed by atoms with Gasteiger partial charge < -0.3 is 4.74 Å². The van der Waals surface area contributed by atoms with Crippen molar-refractivity contribution >= 4 is 40.3 Å². The van der Waals surface area contributed by atoms with Gasteiger partial charge in [0.15, 0.2) is 0 Å². The molecule has 0 aromatic heterocycles. The fourth-order valence-corrected chi connectivity index (χ4v) is 4.32. The van der Waals surface area contributed by atoms with Crippen LogP contribution in [0.25, 0.3) is 6.08 Å². The van der Waals surface area contributed by atoms with Gasteiger partial charge in [0, 0.05) is 0 Å². The van der Waals surface area contributed by atoms with Crippen LogP contribution in [-0.2, 0) is 17.9 Å². The largest absolute Gasteiger partial charge is 0.489 e. The van der Waals surface area contributed by atoms with E-state index in [0.717, 1.165) is 22.4 Å². The Bertz CT molecular complexity index is 1070. The molecule has 0 saturated carbocycles. The highest BCUT2D eigenvalue weighted by atomic mass is 32.2. The van der Waals surface area contributed by atoms with Gasteiger partial charge in [-0.3, -0.25) is 9.69 Å². The summed E-state index contributed by atoms with van der Waals surface area (Å²) >= 11 is 6.79. The fraction of sp³-hybridized carbons (Fsp3) is 0.120. The first-order chi connectivity index (χ1) is 14.6. The van der Waals surface area contributed by atoms with Gasteiger partial charge in [0.1, 0.15) is 16.7 Å². The Kier molecular flexibility index (Phi) is 6.31. The Labute approximate surface area is 186 Å². The number of amides is 1. The molecule has 30 heavy (non-hydrogen) atoms. The van der Waals surface area contributed by atoms with Gasteiger partial charge in [-0.2, -0.15) is 0 Å². The molecule has 0 spiro atoms. The van der Waals surface area contributed by atoms with Crippen molar-refractivity contribution < 1.29 is 9.53 Å². The molecule has 150 valence electrons. The molecular weight excluding hydrogens is 410 g/mol. The lowest BCUT2D eigenvalue weighted by atomic mass is 10.1. The van der Waals surface area contributed by atoms with Crippen LogP contribution >= 0.6 is 24.0 Å². The Morgan fingerprint density at radius 3 is 2.33 bits per heavy atom. The number of benzene rings is 3. The van der Waals surface area contributed by atoms with Gasteiger partial charge in [0.25, 0.3) is 5.91 Å². The summed E-state index contributed by atoms with van der Waals surface area (Å²) in [4.78, 5) is 15.1. The van der Waals surface area contributed by atoms with Crippen LogP contribution in [0.3, 0.4) is 0 Å². The van der Waals surface area contributed by atoms with E-state index in [1.165, 1.54) is 17.3 Å². The predicted octanol–water partition coefficient (Wildman–Crippen LogP) is 5.98. The second-order valence-electron chi connectivity index (χ2n) is 7.10. The van der Waals surface area contributed by atoms with E-state index in [-0.39, 0.29) is 5.91 Å². The number of rotatable bonds is 6. The summed E-state index contributed by atoms with van der Waals surface area (Å²) in [6.45, 7) is 3.07. The van der Waals surface area contributed by atoms with E-state index in [4.69, 9.17) is 17.0 Å². The molecule has 1 heterocycles. The molecule has 1 amide bonds. The Hall–Kier alpha value is -2.89. The third-order valence-corrected chi connectivity index (χ3v) is 6.14. The van der Waals surface area contributed by atoms with E-state index in [0.29, 0.717) is 22.4 Å². The van der Waals surface area contributed by atoms with Gasteiger partial charge in [0.05, 0.1) is 11.4 Å². The molecule has 0 bridgehead atoms. The molecule has 1 aliphatic rings. The maximum Gasteiger partial charge on any atom is 0.266 e. The second-order valence-corrected chi connectivity index (χ2v) is 8.77. The number of nitrogens with zero attached hydrogens (tertiary/aromatic N) is 1. The van der Waals surface area contributed by atoms with Crippen LogP contribution in [0.4, 0.5) is 0 Å². The molecule has 3 aromatic rings. The maximum atomic E-state index is 12.8. The van der Waals surface area contributed by atoms with Gasteiger partial charge in [-0.1, -0.05) is 96.3 Å². The molecule has 0 unspecified atom stereocenters. The van der Waals surface area contributed by atoms with Crippen LogP contribution in [0.5, 0.6) is 5.75 Å². The molecule has 3 aromatic carbocycles. The molecule has 0 atom stereocenters. The molecule has 1 aliphatic heterocycles. The number of carbonyl (C=O) groups is 1. The summed E-state index contributed by atoms with van der Waals surface area (Å²) in [6, 6.07) is 25.9. The zero-order chi connectivity index (χ0) is 20.9. The minimum atomic E-state index is -0.0463. The average molecular weight is 432 g/mol. The molecule has 0 N–H and O–H groups in total. The molecule has 5 heteroatoms. The standard InChI is InChI=1S/C25H21NO2S2/c1-18-7-9-20(10-8-18)16-26-24(27)23(30-25(26)29)15-19-11-13-22(14-12-19)28-17-21-5-3-2-4-6-21/h2-15H,16-17H2,1H3/b23-15-. The fourth-order valence-electron chi connectivity index (χ4n) is 3.06. The Morgan fingerprint density at radius 1 is 0.933 bits per heavy atom. The second kappa shape index (κ2) is 9.28. The van der Waals surface area contributed by atoms with Crippen LogP contribution in [0.2, 0.25) is 0 Å². The maximum absolute atomic E-state index is 12.8. The first kappa shape index (κ1) is 20.4. The average Bonchev–Trinajstić information content (AvgIpc) is 3.03. The van der Waals surface area contributed by atoms with Crippen molar-refractivity contribution in [3.05, 3.63) is 106 Å². The van der Waals surface area contributed by atoms with Crippen LogP contribution in [-0.4, -0.2) is 15.1 Å². The molecule has 0 aliphatic carbocycles. The summed E-state index contributed by atoms with van der Waals surface area (Å²) in [5, 5.41) is 0. The minimum absolute atomic E-state index is 0.0463. The van der Waals surface area contributed by atoms with E-state index >= 15 is 0 Å². The Morgan fingerprint density at radius 2 is 1.63 bits per heavy atom. The topological polar surface area (TPSA) is 29.5 Å². The van der Waals surface area contributed by atoms with Crippen molar-refractivity contribution in [3.8, 4) is 5.75 Å². The zero-order valence-electron chi connectivity index (χ0n) is 16.6. The number of hydrogen-bond acceptors (Lipinski definition) is 4. The quantitative estimate of drug-likeness (QED) is 0.355. The van der Waals surface area contributed by atoms with Crippen molar-refractivity contribution in [1.82, 2.24) is 4.90 Å². The first-order valence-corrected chi connectivity index (χ1v) is 10.9. The monoisotopic (exact) mass is 431 g/mol. The van der Waals surface area contributed by atoms with Crippen molar-refractivity contribution in [2.75, 3.05) is 0 Å². The van der Waals surface area contributed by atoms with Crippen LogP contribution < -0.4 is 4.74 Å². The Balaban J connectivity index is 1.41. The molecule has 0 radical (unpaired) electrons. The number of hydrogen-bond donors (Lipinski definition) is 0. The summed E-state index contributed by atoms with van der Waals surface area (Å²) in [5.41, 5.74) is 4.33. The summed E-state index contributed by atoms with van der Waals surface area (Å²) in [6.07, 6.45) is 1.88. The smallest absolute Gasteiger partial charge is 0.266 e. The summed E-state index contributed by atoms with van der Waals surface area (Å²) in [7, 11) is 0. The third kappa shape index (κ3) is 4.99. The van der Waals surface area contributed by atoms with Gasteiger partial charge in [-0.15, -0.1) is 0 Å². The number of ether oxygens (including phenoxy) is 1. The SMILES string of the molecule is Cc1ccc(CN2C(=O)/C(=C/c3ccc(OCc4ccccc4)cc3)SC2=S)cc1. The highest BCUT2D eigenvalue weighted by Gasteiger charge is 2.31. The van der Waals surface area contributed by atoms with Crippen molar-refractivity contribution in [2.24, 2.45) is 0 Å². The molecule has 3 nitrogen and oxygen atoms in total. The highest BCUT2D eigenvalue weighted by molar-refractivity contribution is 8.26. The lowest BCUT2D eigenvalue weighted by Gasteiger charge is -2.14. The summed E-state index contributed by atoms with van der Waals surface area (Å²) in [5.74, 6) is 0.748. The first-order valence-electron chi connectivity index (χ1n) is 9.66. The van der Waals surface area contributed by atoms with Crippen molar-refractivity contribution in [3.63, 3.8) is 0 Å². The van der Waals surface area contributed by atoms with Crippen molar-refractivity contribution in [1.29, 1.82) is 0 Å². The highest BCUT2D eigenvalue weighted by Crippen LogP contribution is 2.33. The number of thiocarbonyl (C=S) groups is 1. The molecule has 4 rings (SSSR count). The molecule has 1 fully saturated rings. The number of thioether (sulfide) groups is 1. The van der Waals surface area contributed by atoms with Gasteiger partial charge >= 0.3 is 0 Å². The van der Waals surface area contributed by atoms with E-state index < -0.39 is 0 Å². The van der Waals surface area contributed by atoms with Crippen molar-refractivity contribution in [2.45, 2.75) is 20.1 Å². The van der Waals surface area contributed by atoms with E-state index in [1.807, 2.05) is 91.9 Å². The third-order valence-electron chi connectivity index (χ3n) is 4.76. The van der Waals surface area contributed by atoms with E-state index in [2.05, 4.69) is 0 Å². The lowest BCUT2D eigenvalue weighted by Crippen LogP contribution is -2.27. The molecule has 1 saturated heterocycles. The lowest BCUT2D eigenvalue weighted by molar-refractivity contribution is -0.122. The molecular formula is C25H21NO2S2. The van der Waals surface area contributed by atoms with E-state index in [9.17, 15) is 4.79 Å². The minimum Gasteiger partial charge on any atom is -0.489 e. The van der Waals surface area contributed by atoms with E-state index in [1.54, 1.807) is 4.90 Å². The predicted molar refractivity (Wildman–Crippen MR) is 127 cm³/mol. The number of carbonyl (C=O) groups excluding carboxylic acids is 1. The van der Waals surface area contributed by atoms with Crippen LogP contribution in [0.15, 0.2) is 83.8 Å². The van der Waals surface area contributed by atoms with Gasteiger partial charge in [-0.25, -0.2) is 0 Å². The van der Waals surface area contributed by atoms with Crippen LogP contribution in [0.1, 0.15) is 22.3 Å². The van der Waals surface area contributed by atoms with Gasteiger partial charge in [-0.05, 0) is 41.8 Å². The number of aryl methyl sites for hydroxylation is 1. The normalized spacial score (nSPS) is 15.1. The zero-order valence-corrected chi connectivity index (χ0v) is 18.2. The van der Waals surface area contributed by atoms with Gasteiger partial charge in [0.2, 0.25) is 0 Å². The van der Waals surface area contributed by atoms with Crippen LogP contribution in [0, 0.1) is 6.92 Å².